The first-order valence-corrected chi connectivity index (χ1v) is 8.19. The van der Waals surface area contributed by atoms with E-state index in [2.05, 4.69) is 20.9 Å². The lowest BCUT2D eigenvalue weighted by Gasteiger charge is -2.11. The van der Waals surface area contributed by atoms with Crippen LogP contribution in [0.1, 0.15) is 32.3 Å². The lowest BCUT2D eigenvalue weighted by Crippen LogP contribution is -2.38. The number of guanidine groups is 1. The molecule has 128 valence electrons. The summed E-state index contributed by atoms with van der Waals surface area (Å²) in [6.07, 6.45) is 1.87. The minimum atomic E-state index is -0.191. The summed E-state index contributed by atoms with van der Waals surface area (Å²) in [5.41, 5.74) is 0.676. The van der Waals surface area contributed by atoms with E-state index in [-0.39, 0.29) is 11.7 Å². The quantitative estimate of drug-likeness (QED) is 0.480. The largest absolute Gasteiger partial charge is 0.357 e. The molecule has 0 aliphatic heterocycles. The van der Waals surface area contributed by atoms with Crippen molar-refractivity contribution in [3.63, 3.8) is 0 Å². The Morgan fingerprint density at radius 1 is 1.13 bits per heavy atom. The van der Waals surface area contributed by atoms with Crippen molar-refractivity contribution in [1.82, 2.24) is 16.0 Å². The number of nitrogens with one attached hydrogen (secondary N) is 3. The smallest absolute Gasteiger partial charge is 0.221 e. The monoisotopic (exact) mass is 322 g/mol. The maximum Gasteiger partial charge on any atom is 0.221 e. The predicted octanol–water partition coefficient (Wildman–Crippen LogP) is 1.84. The van der Waals surface area contributed by atoms with Crippen molar-refractivity contribution < 1.29 is 9.18 Å². The molecule has 0 atom stereocenters. The molecule has 0 fully saturated rings. The summed E-state index contributed by atoms with van der Waals surface area (Å²) in [5.74, 6) is 0.466. The zero-order chi connectivity index (χ0) is 16.9. The Morgan fingerprint density at radius 2 is 1.91 bits per heavy atom. The van der Waals surface area contributed by atoms with E-state index in [0.717, 1.165) is 13.0 Å². The molecule has 23 heavy (non-hydrogen) atoms. The molecule has 0 aliphatic carbocycles. The van der Waals surface area contributed by atoms with E-state index in [9.17, 15) is 9.18 Å². The highest BCUT2D eigenvalue weighted by molar-refractivity contribution is 5.80. The molecular weight excluding hydrogens is 295 g/mol. The van der Waals surface area contributed by atoms with Gasteiger partial charge in [0.1, 0.15) is 5.82 Å². The van der Waals surface area contributed by atoms with Gasteiger partial charge < -0.3 is 16.0 Å². The predicted molar refractivity (Wildman–Crippen MR) is 92.0 cm³/mol. The molecule has 0 saturated carbocycles. The highest BCUT2D eigenvalue weighted by atomic mass is 19.1. The number of aliphatic imine (C=N–C) groups is 1. The van der Waals surface area contributed by atoms with Gasteiger partial charge in [-0.25, -0.2) is 4.39 Å². The minimum Gasteiger partial charge on any atom is -0.357 e. The number of hydrogen-bond donors (Lipinski definition) is 3. The molecule has 5 nitrogen and oxygen atoms in total. The average Bonchev–Trinajstić information content (AvgIpc) is 2.54. The molecule has 0 radical (unpaired) electrons. The van der Waals surface area contributed by atoms with E-state index in [4.69, 9.17) is 0 Å². The average molecular weight is 322 g/mol. The van der Waals surface area contributed by atoms with Crippen LogP contribution >= 0.6 is 0 Å². The lowest BCUT2D eigenvalue weighted by molar-refractivity contribution is -0.120. The summed E-state index contributed by atoms with van der Waals surface area (Å²) in [6.45, 7) is 6.42. The summed E-state index contributed by atoms with van der Waals surface area (Å²) in [7, 11) is 0. The van der Waals surface area contributed by atoms with Gasteiger partial charge in [0.05, 0.1) is 6.54 Å². The van der Waals surface area contributed by atoms with Crippen molar-refractivity contribution in [3.8, 4) is 0 Å². The molecule has 0 heterocycles. The van der Waals surface area contributed by atoms with Crippen molar-refractivity contribution >= 4 is 11.9 Å². The third-order valence-electron chi connectivity index (χ3n) is 3.17. The zero-order valence-electron chi connectivity index (χ0n) is 14.0. The fourth-order valence-electron chi connectivity index (χ4n) is 1.98. The molecule has 3 N–H and O–H groups in total. The number of carbonyl (C=O) groups is 1. The third kappa shape index (κ3) is 8.18. The van der Waals surface area contributed by atoms with Gasteiger partial charge in [0.25, 0.3) is 0 Å². The van der Waals surface area contributed by atoms with Gasteiger partial charge in [0, 0.05) is 26.1 Å². The van der Waals surface area contributed by atoms with Crippen LogP contribution in [0.4, 0.5) is 4.39 Å². The SMILES string of the molecule is CCCNC(=O)CCN=C(NCC)NCCc1ccccc1F. The summed E-state index contributed by atoms with van der Waals surface area (Å²) < 4.78 is 13.5. The number of carbonyl (C=O) groups excluding carboxylic acids is 1. The number of nitrogens with zero attached hydrogens (tertiary/aromatic N) is 1. The van der Waals surface area contributed by atoms with Crippen molar-refractivity contribution in [2.75, 3.05) is 26.2 Å². The fraction of sp³-hybridized carbons (Fsp3) is 0.529. The molecule has 1 aromatic carbocycles. The fourth-order valence-corrected chi connectivity index (χ4v) is 1.98. The summed E-state index contributed by atoms with van der Waals surface area (Å²) in [5, 5.41) is 9.09. The summed E-state index contributed by atoms with van der Waals surface area (Å²) in [6, 6.07) is 6.75. The molecule has 0 saturated heterocycles. The first-order chi connectivity index (χ1) is 11.2. The Kier molecular flexibility index (Phi) is 9.43. The molecule has 0 aromatic heterocycles. The van der Waals surface area contributed by atoms with Crippen molar-refractivity contribution in [1.29, 1.82) is 0 Å². The first kappa shape index (κ1) is 18.9. The Bertz CT molecular complexity index is 505. The van der Waals surface area contributed by atoms with Gasteiger partial charge >= 0.3 is 0 Å². The number of amides is 1. The number of benzene rings is 1. The van der Waals surface area contributed by atoms with Gasteiger partial charge in [0.15, 0.2) is 5.96 Å². The number of rotatable bonds is 9. The maximum atomic E-state index is 13.5. The van der Waals surface area contributed by atoms with E-state index >= 15 is 0 Å². The molecule has 0 spiro atoms. The van der Waals surface area contributed by atoms with E-state index in [1.54, 1.807) is 12.1 Å². The van der Waals surface area contributed by atoms with Crippen LogP contribution in [0.5, 0.6) is 0 Å². The van der Waals surface area contributed by atoms with Crippen molar-refractivity contribution in [3.05, 3.63) is 35.6 Å². The second-order valence-electron chi connectivity index (χ2n) is 5.13. The van der Waals surface area contributed by atoms with Crippen LogP contribution in [-0.2, 0) is 11.2 Å². The Balaban J connectivity index is 2.37. The zero-order valence-corrected chi connectivity index (χ0v) is 14.0. The minimum absolute atomic E-state index is 0.0119. The van der Waals surface area contributed by atoms with E-state index in [1.165, 1.54) is 6.07 Å². The van der Waals surface area contributed by atoms with Gasteiger partial charge in [-0.1, -0.05) is 25.1 Å². The van der Waals surface area contributed by atoms with E-state index < -0.39 is 0 Å². The maximum absolute atomic E-state index is 13.5. The molecule has 0 unspecified atom stereocenters. The van der Waals surface area contributed by atoms with Crippen LogP contribution < -0.4 is 16.0 Å². The van der Waals surface area contributed by atoms with Gasteiger partial charge in [0.2, 0.25) is 5.91 Å². The van der Waals surface area contributed by atoms with Gasteiger partial charge in [-0.2, -0.15) is 0 Å². The Labute approximate surface area is 137 Å². The van der Waals surface area contributed by atoms with Crippen LogP contribution in [-0.4, -0.2) is 38.0 Å². The Hall–Kier alpha value is -2.11. The summed E-state index contributed by atoms with van der Waals surface area (Å²) >= 11 is 0. The topological polar surface area (TPSA) is 65.5 Å². The molecule has 6 heteroatoms. The van der Waals surface area contributed by atoms with Crippen LogP contribution in [0.25, 0.3) is 0 Å². The highest BCUT2D eigenvalue weighted by Gasteiger charge is 2.03. The molecular formula is C17H27FN4O. The van der Waals surface area contributed by atoms with Crippen molar-refractivity contribution in [2.24, 2.45) is 4.99 Å². The van der Waals surface area contributed by atoms with E-state index in [0.29, 0.717) is 44.0 Å². The van der Waals surface area contributed by atoms with Gasteiger partial charge in [-0.15, -0.1) is 0 Å². The molecule has 1 aromatic rings. The van der Waals surface area contributed by atoms with Crippen molar-refractivity contribution in [2.45, 2.75) is 33.1 Å². The highest BCUT2D eigenvalue weighted by Crippen LogP contribution is 2.05. The van der Waals surface area contributed by atoms with Gasteiger partial charge in [-0.3, -0.25) is 9.79 Å². The first-order valence-electron chi connectivity index (χ1n) is 8.19. The van der Waals surface area contributed by atoms with E-state index in [1.807, 2.05) is 19.9 Å². The van der Waals surface area contributed by atoms with Crippen LogP contribution in [0.2, 0.25) is 0 Å². The molecule has 0 aliphatic rings. The molecule has 1 rings (SSSR count). The third-order valence-corrected chi connectivity index (χ3v) is 3.17. The summed E-state index contributed by atoms with van der Waals surface area (Å²) in [4.78, 5) is 15.9. The molecule has 0 bridgehead atoms. The van der Waals surface area contributed by atoms with Gasteiger partial charge in [-0.05, 0) is 31.4 Å². The second-order valence-corrected chi connectivity index (χ2v) is 5.13. The standard InChI is InChI=1S/C17H27FN4O/c1-3-11-20-16(23)10-13-22-17(19-4-2)21-12-9-14-7-5-6-8-15(14)18/h5-8H,3-4,9-13H2,1-2H3,(H,20,23)(H2,19,21,22). The van der Waals surface area contributed by atoms with Crippen LogP contribution in [0.3, 0.4) is 0 Å². The van der Waals surface area contributed by atoms with Crippen LogP contribution in [0, 0.1) is 5.82 Å². The second kappa shape index (κ2) is 11.5. The number of hydrogen-bond acceptors (Lipinski definition) is 2. The Morgan fingerprint density at radius 3 is 2.61 bits per heavy atom. The molecule has 1 amide bonds. The van der Waals surface area contributed by atoms with Crippen LogP contribution in [0.15, 0.2) is 29.3 Å². The lowest BCUT2D eigenvalue weighted by atomic mass is 10.1. The normalized spacial score (nSPS) is 11.2. The number of halogens is 1.